The number of esters is 2. The SMILES string of the molecule is Cc1cc(OCCCC(=O)NCCCOCCOCCOCCCNC(=O)C(N)Cc2ccc(OP(=O)(O)O)cc2)cc(C)c1S(=O)(=O)NC(CNC(=O)c1ccc2c(cnn2CCCNc2ncc[nH]2)c1)C(=O)OC(=O)C(F)(F)F. The van der Waals surface area contributed by atoms with E-state index >= 15 is 0 Å². The number of carbonyl (C=O) groups excluding carboxylic acids is 5. The highest BCUT2D eigenvalue weighted by Crippen LogP contribution is 2.37. The summed E-state index contributed by atoms with van der Waals surface area (Å²) in [6.07, 6.45) is 1.62. The number of aryl methyl sites for hydroxylation is 3. The number of nitrogens with zero attached hydrogens (tertiary/aromatic N) is 3. The fourth-order valence-electron chi connectivity index (χ4n) is 7.70. The van der Waals surface area contributed by atoms with Gasteiger partial charge in [-0.2, -0.15) is 23.0 Å². The highest BCUT2D eigenvalue weighted by molar-refractivity contribution is 7.89. The number of imidazole rings is 1. The summed E-state index contributed by atoms with van der Waals surface area (Å²) >= 11 is 0. The Balaban J connectivity index is 0.939. The third-order valence-electron chi connectivity index (χ3n) is 11.5. The maximum atomic E-state index is 13.8. The van der Waals surface area contributed by atoms with Crippen LogP contribution in [0.25, 0.3) is 10.9 Å². The lowest BCUT2D eigenvalue weighted by Crippen LogP contribution is -2.50. The van der Waals surface area contributed by atoms with E-state index in [1.807, 2.05) is 4.72 Å². The predicted octanol–water partition coefficient (Wildman–Crippen LogP) is 2.85. The Labute approximate surface area is 464 Å². The van der Waals surface area contributed by atoms with Crippen LogP contribution >= 0.6 is 7.82 Å². The number of hydrogen-bond donors (Lipinski definition) is 9. The maximum Gasteiger partial charge on any atom is 0.524 e. The molecule has 0 aliphatic rings. The maximum absolute atomic E-state index is 13.8. The minimum atomic E-state index is -5.59. The van der Waals surface area contributed by atoms with Gasteiger partial charge in [0.25, 0.3) is 5.91 Å². The number of alkyl halides is 3. The summed E-state index contributed by atoms with van der Waals surface area (Å²) in [5.41, 5.74) is 7.62. The van der Waals surface area contributed by atoms with E-state index in [2.05, 4.69) is 45.6 Å². The molecule has 2 aromatic heterocycles. The van der Waals surface area contributed by atoms with Crippen molar-refractivity contribution < 1.29 is 88.1 Å². The normalized spacial score (nSPS) is 12.6. The Hall–Kier alpha value is -7.02. The molecule has 0 radical (unpaired) electrons. The van der Waals surface area contributed by atoms with Crippen molar-refractivity contribution in [1.29, 1.82) is 0 Å². The van der Waals surface area contributed by atoms with Crippen molar-refractivity contribution in [3.63, 3.8) is 0 Å². The fourth-order valence-corrected chi connectivity index (χ4v) is 9.73. The average molecular weight is 1180 g/mol. The number of aromatic amines is 1. The number of hydrogen-bond acceptors (Lipinski definition) is 18. The summed E-state index contributed by atoms with van der Waals surface area (Å²) in [6, 6.07) is 10.1. The summed E-state index contributed by atoms with van der Waals surface area (Å²) in [5, 5.41) is 15.9. The van der Waals surface area contributed by atoms with Crippen LogP contribution in [0.1, 0.15) is 59.2 Å². The Morgan fingerprint density at radius 2 is 1.47 bits per heavy atom. The van der Waals surface area contributed by atoms with Crippen molar-refractivity contribution in [2.24, 2.45) is 5.73 Å². The van der Waals surface area contributed by atoms with Crippen molar-refractivity contribution in [1.82, 2.24) is 40.4 Å². The Morgan fingerprint density at radius 3 is 2.10 bits per heavy atom. The molecule has 2 atom stereocenters. The van der Waals surface area contributed by atoms with E-state index in [9.17, 15) is 50.1 Å². The van der Waals surface area contributed by atoms with Crippen LogP contribution in [0.4, 0.5) is 19.1 Å². The van der Waals surface area contributed by atoms with Crippen molar-refractivity contribution in [2.45, 2.75) is 82.1 Å². The van der Waals surface area contributed by atoms with E-state index in [-0.39, 0.29) is 64.3 Å². The topological polar surface area (TPSA) is 365 Å². The van der Waals surface area contributed by atoms with Crippen LogP contribution in [0.2, 0.25) is 0 Å². The Morgan fingerprint density at radius 1 is 0.815 bits per heavy atom. The lowest BCUT2D eigenvalue weighted by molar-refractivity contribution is -0.202. The molecule has 0 fully saturated rings. The van der Waals surface area contributed by atoms with Gasteiger partial charge in [-0.05, 0) is 105 Å². The molecule has 444 valence electrons. The van der Waals surface area contributed by atoms with Gasteiger partial charge in [-0.15, -0.1) is 0 Å². The quantitative estimate of drug-likeness (QED) is 0.0120. The average Bonchev–Trinajstić information content (AvgIpc) is 4.08. The van der Waals surface area contributed by atoms with Crippen LogP contribution in [-0.4, -0.2) is 158 Å². The smallest absolute Gasteiger partial charge is 0.494 e. The van der Waals surface area contributed by atoms with Gasteiger partial charge in [0.15, 0.2) is 5.95 Å². The predicted molar refractivity (Wildman–Crippen MR) is 284 cm³/mol. The van der Waals surface area contributed by atoms with Gasteiger partial charge in [0, 0.05) is 75.7 Å². The first-order chi connectivity index (χ1) is 38.5. The summed E-state index contributed by atoms with van der Waals surface area (Å²) in [4.78, 5) is 87.0. The molecule has 0 bridgehead atoms. The number of H-pyrrole nitrogens is 1. The molecule has 0 aliphatic carbocycles. The minimum absolute atomic E-state index is 0.00938. The molecular formula is C50H66F3N10O16PS. The fraction of sp³-hybridized carbons (Fsp3) is 0.460. The summed E-state index contributed by atoms with van der Waals surface area (Å²) in [5.74, 6) is -5.37. The van der Waals surface area contributed by atoms with E-state index in [1.54, 1.807) is 35.3 Å². The van der Waals surface area contributed by atoms with E-state index in [1.165, 1.54) is 56.4 Å². The van der Waals surface area contributed by atoms with Crippen LogP contribution in [0.5, 0.6) is 11.5 Å². The second-order valence-corrected chi connectivity index (χ2v) is 20.8. The lowest BCUT2D eigenvalue weighted by Gasteiger charge is -2.20. The van der Waals surface area contributed by atoms with E-state index in [4.69, 9.17) is 34.5 Å². The molecule has 3 aromatic carbocycles. The standard InChI is InChI=1S/C50H66F3N10O16PS/c1-33-27-39(77-22-3-7-43(64)55-15-5-20-74-23-25-76-26-24-75-21-6-16-56-46(66)40(54)29-35-8-11-38(12-9-35)79-80(69,70)71)28-34(2)44(33)81(72,73)62-41(47(67)78-48(68)50(51,52)53)32-60-45(65)36-10-13-42-37(30-36)31-61-63(42)19-4-14-57-49-58-17-18-59-49/h8-13,17-18,27-28,30-31,40-41,62H,3-7,14-16,19-26,29,32,54H2,1-2H3,(H,55,64)(H,56,66)(H,60,65)(H2,57,58,59)(H2,69,70,71). The number of nitrogens with two attached hydrogens (primary N) is 1. The van der Waals surface area contributed by atoms with Gasteiger partial charge in [0.1, 0.15) is 17.5 Å². The van der Waals surface area contributed by atoms with Crippen LogP contribution in [0, 0.1) is 13.8 Å². The zero-order valence-corrected chi connectivity index (χ0v) is 46.0. The molecule has 31 heteroatoms. The zero-order chi connectivity index (χ0) is 59.0. The van der Waals surface area contributed by atoms with Crippen LogP contribution in [0.3, 0.4) is 0 Å². The van der Waals surface area contributed by atoms with Crippen molar-refractivity contribution >= 4 is 64.4 Å². The van der Waals surface area contributed by atoms with Crippen molar-refractivity contribution in [3.8, 4) is 11.5 Å². The number of ether oxygens (including phenoxy) is 5. The third kappa shape index (κ3) is 22.8. The van der Waals surface area contributed by atoms with E-state index < -0.39 is 60.5 Å². The van der Waals surface area contributed by atoms with Crippen molar-refractivity contribution in [3.05, 3.63) is 95.4 Å². The Kier molecular flexibility index (Phi) is 25.5. The zero-order valence-electron chi connectivity index (χ0n) is 44.3. The number of nitrogens with one attached hydrogen (secondary N) is 6. The first kappa shape index (κ1) is 64.8. The number of halogens is 3. The molecule has 5 aromatic rings. The third-order valence-corrected chi connectivity index (χ3v) is 13.7. The molecule has 5 rings (SSSR count). The lowest BCUT2D eigenvalue weighted by atomic mass is 10.1. The van der Waals surface area contributed by atoms with Crippen LogP contribution in [-0.2, 0) is 65.7 Å². The van der Waals surface area contributed by atoms with Crippen LogP contribution in [0.15, 0.2) is 78.1 Å². The molecule has 2 unspecified atom stereocenters. The van der Waals surface area contributed by atoms with Crippen LogP contribution < -0.4 is 41.0 Å². The second kappa shape index (κ2) is 31.8. The molecule has 26 nitrogen and oxygen atoms in total. The van der Waals surface area contributed by atoms with Gasteiger partial charge in [-0.1, -0.05) is 12.1 Å². The summed E-state index contributed by atoms with van der Waals surface area (Å²) < 4.78 is 112. The van der Waals surface area contributed by atoms with Gasteiger partial charge < -0.3 is 60.2 Å². The minimum Gasteiger partial charge on any atom is -0.494 e. The number of benzene rings is 3. The number of anilines is 1. The van der Waals surface area contributed by atoms with Gasteiger partial charge in [0.05, 0.1) is 55.7 Å². The Bertz CT molecular complexity index is 3000. The number of rotatable bonds is 36. The summed E-state index contributed by atoms with van der Waals surface area (Å²) in [6.45, 7) is 5.87. The number of aromatic nitrogens is 4. The summed E-state index contributed by atoms with van der Waals surface area (Å²) in [7, 11) is -9.43. The molecule has 81 heavy (non-hydrogen) atoms. The van der Waals surface area contributed by atoms with E-state index in [0.717, 1.165) is 0 Å². The number of carbonyl (C=O) groups is 5. The number of phosphoric acid groups is 1. The van der Waals surface area contributed by atoms with Gasteiger partial charge in [-0.25, -0.2) is 27.6 Å². The second-order valence-electron chi connectivity index (χ2n) is 18.0. The van der Waals surface area contributed by atoms with Crippen molar-refractivity contribution in [2.75, 3.05) is 77.7 Å². The first-order valence-corrected chi connectivity index (χ1v) is 28.4. The molecule has 0 aliphatic heterocycles. The molecule has 0 saturated heterocycles. The molecule has 0 saturated carbocycles. The largest absolute Gasteiger partial charge is 0.524 e. The molecule has 2 heterocycles. The van der Waals surface area contributed by atoms with Gasteiger partial charge >= 0.3 is 25.9 Å². The number of fused-ring (bicyclic) bond motifs is 1. The molecular weight excluding hydrogens is 1120 g/mol. The monoisotopic (exact) mass is 1180 g/mol. The number of phosphoric ester groups is 1. The number of sulfonamides is 1. The number of amides is 3. The van der Waals surface area contributed by atoms with Gasteiger partial charge in [-0.3, -0.25) is 28.9 Å². The molecule has 0 spiro atoms. The first-order valence-electron chi connectivity index (χ1n) is 25.4. The van der Waals surface area contributed by atoms with Gasteiger partial charge in [0.2, 0.25) is 21.8 Å². The molecule has 10 N–H and O–H groups in total. The highest BCUT2D eigenvalue weighted by Gasteiger charge is 2.44. The molecule has 3 amide bonds. The highest BCUT2D eigenvalue weighted by atomic mass is 32.2. The van der Waals surface area contributed by atoms with E-state index in [0.29, 0.717) is 114 Å².